The molecule has 0 bridgehead atoms. The van der Waals surface area contributed by atoms with E-state index in [0.29, 0.717) is 13.2 Å². The Morgan fingerprint density at radius 2 is 2.35 bits per heavy atom. The minimum absolute atomic E-state index is 0.213. The molecular weight excluding hydrogens is 218 g/mol. The molecule has 2 N–H and O–H groups in total. The fraction of sp³-hybridized carbons (Fsp3) is 1.00. The third-order valence-corrected chi connectivity index (χ3v) is 3.06. The first kappa shape index (κ1) is 14.9. The minimum atomic E-state index is 0.213. The first-order chi connectivity index (χ1) is 8.36. The lowest BCUT2D eigenvalue weighted by molar-refractivity contribution is -0.0448. The molecule has 4 heteroatoms. The smallest absolute Gasteiger partial charge is 0.0808 e. The van der Waals surface area contributed by atoms with Gasteiger partial charge in [0.2, 0.25) is 0 Å². The quantitative estimate of drug-likeness (QED) is 0.643. The van der Waals surface area contributed by atoms with Crippen LogP contribution in [0.2, 0.25) is 0 Å². The molecule has 1 aliphatic heterocycles. The number of rotatable bonds is 9. The Bertz CT molecular complexity index is 172. The zero-order valence-corrected chi connectivity index (χ0v) is 11.0. The number of ether oxygens (including phenoxy) is 2. The van der Waals surface area contributed by atoms with Crippen molar-refractivity contribution in [3.63, 3.8) is 0 Å². The Morgan fingerprint density at radius 3 is 3.00 bits per heavy atom. The molecule has 0 radical (unpaired) electrons. The maximum atomic E-state index is 8.96. The molecule has 1 fully saturated rings. The highest BCUT2D eigenvalue weighted by Gasteiger charge is 2.15. The molecule has 0 aliphatic carbocycles. The third kappa shape index (κ3) is 6.99. The summed E-state index contributed by atoms with van der Waals surface area (Å²) >= 11 is 0. The van der Waals surface area contributed by atoms with Gasteiger partial charge < -0.3 is 19.9 Å². The van der Waals surface area contributed by atoms with E-state index >= 15 is 0 Å². The van der Waals surface area contributed by atoms with Crippen molar-refractivity contribution < 1.29 is 14.6 Å². The minimum Gasteiger partial charge on any atom is -0.396 e. The van der Waals surface area contributed by atoms with Crippen molar-refractivity contribution in [1.29, 1.82) is 0 Å². The van der Waals surface area contributed by atoms with Gasteiger partial charge in [0.15, 0.2) is 0 Å². The molecule has 102 valence electrons. The van der Waals surface area contributed by atoms with Crippen molar-refractivity contribution in [2.24, 2.45) is 0 Å². The molecule has 4 nitrogen and oxygen atoms in total. The van der Waals surface area contributed by atoms with E-state index in [2.05, 4.69) is 12.2 Å². The highest BCUT2D eigenvalue weighted by Crippen LogP contribution is 2.12. The van der Waals surface area contributed by atoms with Crippen LogP contribution in [0.25, 0.3) is 0 Å². The molecule has 0 amide bonds. The van der Waals surface area contributed by atoms with E-state index in [-0.39, 0.29) is 18.8 Å². The van der Waals surface area contributed by atoms with E-state index < -0.39 is 0 Å². The molecule has 17 heavy (non-hydrogen) atoms. The van der Waals surface area contributed by atoms with E-state index in [0.717, 1.165) is 32.4 Å². The van der Waals surface area contributed by atoms with Gasteiger partial charge in [-0.1, -0.05) is 6.92 Å². The molecule has 2 unspecified atom stereocenters. The molecule has 1 heterocycles. The maximum absolute atomic E-state index is 8.96. The second-order valence-electron chi connectivity index (χ2n) is 4.69. The Kier molecular flexibility index (Phi) is 8.61. The Hall–Kier alpha value is -0.160. The molecule has 1 rings (SSSR count). The Morgan fingerprint density at radius 1 is 1.47 bits per heavy atom. The van der Waals surface area contributed by atoms with Crippen LogP contribution in [-0.4, -0.2) is 50.2 Å². The van der Waals surface area contributed by atoms with E-state index in [1.807, 2.05) is 0 Å². The van der Waals surface area contributed by atoms with Crippen molar-refractivity contribution in [2.45, 2.75) is 51.2 Å². The molecule has 0 saturated carbocycles. The first-order valence-electron chi connectivity index (χ1n) is 6.90. The standard InChI is InChI=1S/C13H27NO3/c1-2-7-14-12(6-8-15)10-16-11-13-5-3-4-9-17-13/h12-15H,2-11H2,1H3. The topological polar surface area (TPSA) is 50.7 Å². The van der Waals surface area contributed by atoms with Gasteiger partial charge in [-0.3, -0.25) is 0 Å². The van der Waals surface area contributed by atoms with Gasteiger partial charge in [-0.05, 0) is 38.6 Å². The van der Waals surface area contributed by atoms with Gasteiger partial charge in [0, 0.05) is 19.3 Å². The van der Waals surface area contributed by atoms with Crippen molar-refractivity contribution in [3.8, 4) is 0 Å². The lowest BCUT2D eigenvalue weighted by Gasteiger charge is -2.24. The van der Waals surface area contributed by atoms with Crippen LogP contribution in [0, 0.1) is 0 Å². The van der Waals surface area contributed by atoms with E-state index in [1.54, 1.807) is 0 Å². The van der Waals surface area contributed by atoms with Gasteiger partial charge in [-0.2, -0.15) is 0 Å². The molecule has 0 aromatic rings. The summed E-state index contributed by atoms with van der Waals surface area (Å²) in [6.45, 7) is 5.57. The first-order valence-corrected chi connectivity index (χ1v) is 6.90. The summed E-state index contributed by atoms with van der Waals surface area (Å²) in [5.74, 6) is 0. The highest BCUT2D eigenvalue weighted by molar-refractivity contribution is 4.67. The van der Waals surface area contributed by atoms with Crippen molar-refractivity contribution >= 4 is 0 Å². The number of aliphatic hydroxyl groups is 1. The predicted molar refractivity (Wildman–Crippen MR) is 68.2 cm³/mol. The highest BCUT2D eigenvalue weighted by atomic mass is 16.5. The summed E-state index contributed by atoms with van der Waals surface area (Å²) in [5.41, 5.74) is 0. The lowest BCUT2D eigenvalue weighted by atomic mass is 10.1. The fourth-order valence-electron chi connectivity index (χ4n) is 2.03. The van der Waals surface area contributed by atoms with Crippen LogP contribution in [0.3, 0.4) is 0 Å². The number of nitrogens with one attached hydrogen (secondary N) is 1. The molecule has 0 aromatic heterocycles. The zero-order valence-electron chi connectivity index (χ0n) is 11.0. The average molecular weight is 245 g/mol. The average Bonchev–Trinajstić information content (AvgIpc) is 2.37. The van der Waals surface area contributed by atoms with Gasteiger partial charge in [0.1, 0.15) is 0 Å². The van der Waals surface area contributed by atoms with Gasteiger partial charge in [0.25, 0.3) is 0 Å². The summed E-state index contributed by atoms with van der Waals surface area (Å²) in [6.07, 6.45) is 5.69. The fourth-order valence-corrected chi connectivity index (χ4v) is 2.03. The van der Waals surface area contributed by atoms with Gasteiger partial charge in [-0.15, -0.1) is 0 Å². The molecule has 0 aromatic carbocycles. The normalized spacial score (nSPS) is 22.6. The van der Waals surface area contributed by atoms with E-state index in [4.69, 9.17) is 14.6 Å². The second kappa shape index (κ2) is 9.83. The molecule has 0 spiro atoms. The molecule has 1 saturated heterocycles. The largest absolute Gasteiger partial charge is 0.396 e. The second-order valence-corrected chi connectivity index (χ2v) is 4.69. The van der Waals surface area contributed by atoms with Gasteiger partial charge >= 0.3 is 0 Å². The van der Waals surface area contributed by atoms with E-state index in [9.17, 15) is 0 Å². The van der Waals surface area contributed by atoms with Crippen LogP contribution in [0.4, 0.5) is 0 Å². The van der Waals surface area contributed by atoms with E-state index in [1.165, 1.54) is 12.8 Å². The van der Waals surface area contributed by atoms with Crippen LogP contribution >= 0.6 is 0 Å². The van der Waals surface area contributed by atoms with Gasteiger partial charge in [0.05, 0.1) is 19.3 Å². The monoisotopic (exact) mass is 245 g/mol. The number of aliphatic hydroxyl groups excluding tert-OH is 1. The molecular formula is C13H27NO3. The lowest BCUT2D eigenvalue weighted by Crippen LogP contribution is -2.36. The Labute approximate surface area is 105 Å². The molecule has 2 atom stereocenters. The van der Waals surface area contributed by atoms with Crippen molar-refractivity contribution in [3.05, 3.63) is 0 Å². The van der Waals surface area contributed by atoms with Crippen LogP contribution in [0.5, 0.6) is 0 Å². The Balaban J connectivity index is 2.07. The molecule has 1 aliphatic rings. The summed E-state index contributed by atoms with van der Waals surface area (Å²) in [6, 6.07) is 0.267. The van der Waals surface area contributed by atoms with Crippen LogP contribution in [-0.2, 0) is 9.47 Å². The summed E-state index contributed by atoms with van der Waals surface area (Å²) < 4.78 is 11.3. The summed E-state index contributed by atoms with van der Waals surface area (Å²) in [7, 11) is 0. The van der Waals surface area contributed by atoms with Gasteiger partial charge in [-0.25, -0.2) is 0 Å². The maximum Gasteiger partial charge on any atom is 0.0808 e. The zero-order chi connectivity index (χ0) is 12.3. The third-order valence-electron chi connectivity index (χ3n) is 3.06. The predicted octanol–water partition coefficient (Wildman–Crippen LogP) is 1.32. The SMILES string of the molecule is CCCNC(CCO)COCC1CCCCO1. The van der Waals surface area contributed by atoms with Crippen LogP contribution < -0.4 is 5.32 Å². The summed E-state index contributed by atoms with van der Waals surface area (Å²) in [4.78, 5) is 0. The number of hydrogen-bond acceptors (Lipinski definition) is 4. The van der Waals surface area contributed by atoms with Crippen LogP contribution in [0.1, 0.15) is 39.0 Å². The summed E-state index contributed by atoms with van der Waals surface area (Å²) in [5, 5.41) is 12.3. The van der Waals surface area contributed by atoms with Crippen molar-refractivity contribution in [2.75, 3.05) is 33.0 Å². The van der Waals surface area contributed by atoms with Crippen LogP contribution in [0.15, 0.2) is 0 Å². The number of hydrogen-bond donors (Lipinski definition) is 2. The van der Waals surface area contributed by atoms with Crippen molar-refractivity contribution in [1.82, 2.24) is 5.32 Å².